The summed E-state index contributed by atoms with van der Waals surface area (Å²) in [5.41, 5.74) is 2.12. The number of carbonyl (C=O) groups excluding carboxylic acids is 3. The van der Waals surface area contributed by atoms with Gasteiger partial charge in [0.05, 0.1) is 5.69 Å². The molecule has 166 valence electrons. The molecule has 0 bridgehead atoms. The van der Waals surface area contributed by atoms with Crippen molar-refractivity contribution in [1.29, 1.82) is 0 Å². The molecule has 2 N–H and O–H groups in total. The van der Waals surface area contributed by atoms with Crippen molar-refractivity contribution in [2.75, 3.05) is 15.5 Å². The number of anilines is 3. The molecule has 0 spiro atoms. The number of hydrogen-bond donors (Lipinski definition) is 2. The maximum atomic E-state index is 14.2. The van der Waals surface area contributed by atoms with Crippen LogP contribution < -0.4 is 15.5 Å². The van der Waals surface area contributed by atoms with Gasteiger partial charge in [0.2, 0.25) is 0 Å². The highest BCUT2D eigenvalue weighted by molar-refractivity contribution is 6.53. The molecule has 8 heteroatoms. The van der Waals surface area contributed by atoms with Crippen molar-refractivity contribution >= 4 is 46.4 Å². The molecule has 0 aromatic heterocycles. The number of nitrogens with one attached hydrogen (secondary N) is 2. The number of benzene rings is 3. The van der Waals surface area contributed by atoms with Crippen molar-refractivity contribution in [3.8, 4) is 0 Å². The standard InChI is InChI=1S/C25H19ClFN3O3/c1-2-15-10-12-17(13-11-15)29-23(31)16-6-5-7-18(14-16)28-22-21(26)24(32)30(25(22)33)20-9-4-3-8-19(20)27/h3-14,28H,2H2,1H3,(H,29,31). The second-order valence-corrected chi connectivity index (χ2v) is 7.67. The summed E-state index contributed by atoms with van der Waals surface area (Å²) in [6.07, 6.45) is 0.899. The molecule has 6 nitrogen and oxygen atoms in total. The number of carbonyl (C=O) groups is 3. The van der Waals surface area contributed by atoms with E-state index in [0.717, 1.165) is 18.1 Å². The van der Waals surface area contributed by atoms with Crippen molar-refractivity contribution in [3.05, 3.63) is 100 Å². The van der Waals surface area contributed by atoms with E-state index in [1.165, 1.54) is 24.3 Å². The van der Waals surface area contributed by atoms with Crippen molar-refractivity contribution in [2.24, 2.45) is 0 Å². The first-order chi connectivity index (χ1) is 15.9. The Morgan fingerprint density at radius 2 is 1.67 bits per heavy atom. The van der Waals surface area contributed by atoms with Gasteiger partial charge in [-0.3, -0.25) is 14.4 Å². The summed E-state index contributed by atoms with van der Waals surface area (Å²) in [5.74, 6) is -2.69. The number of amides is 3. The van der Waals surface area contributed by atoms with Gasteiger partial charge in [0.1, 0.15) is 16.5 Å². The summed E-state index contributed by atoms with van der Waals surface area (Å²) in [7, 11) is 0. The lowest BCUT2D eigenvalue weighted by Gasteiger charge is -2.15. The average molecular weight is 464 g/mol. The molecule has 3 aromatic carbocycles. The van der Waals surface area contributed by atoms with Crippen molar-refractivity contribution in [2.45, 2.75) is 13.3 Å². The Labute approximate surface area is 194 Å². The van der Waals surface area contributed by atoms with Crippen LogP contribution in [-0.2, 0) is 16.0 Å². The molecule has 3 aromatic rings. The zero-order chi connectivity index (χ0) is 23.5. The van der Waals surface area contributed by atoms with Crippen molar-refractivity contribution in [3.63, 3.8) is 0 Å². The van der Waals surface area contributed by atoms with Crippen LogP contribution in [0.1, 0.15) is 22.8 Å². The van der Waals surface area contributed by atoms with Gasteiger partial charge in [-0.1, -0.05) is 48.9 Å². The number of hydrogen-bond acceptors (Lipinski definition) is 4. The predicted octanol–water partition coefficient (Wildman–Crippen LogP) is 5.08. The molecule has 0 saturated carbocycles. The fourth-order valence-electron chi connectivity index (χ4n) is 3.37. The van der Waals surface area contributed by atoms with Gasteiger partial charge in [0.25, 0.3) is 17.7 Å². The molecule has 0 aliphatic carbocycles. The molecule has 1 heterocycles. The molecular weight excluding hydrogens is 445 g/mol. The van der Waals surface area contributed by atoms with E-state index in [0.29, 0.717) is 21.8 Å². The Balaban J connectivity index is 1.53. The smallest absolute Gasteiger partial charge is 0.283 e. The molecule has 1 aliphatic rings. The Morgan fingerprint density at radius 3 is 2.36 bits per heavy atom. The lowest BCUT2D eigenvalue weighted by atomic mass is 10.1. The molecule has 3 amide bonds. The third-order valence-electron chi connectivity index (χ3n) is 5.13. The number of halogens is 2. The topological polar surface area (TPSA) is 78.5 Å². The minimum Gasteiger partial charge on any atom is -0.350 e. The number of aryl methyl sites for hydroxylation is 1. The largest absolute Gasteiger partial charge is 0.350 e. The fourth-order valence-corrected chi connectivity index (χ4v) is 3.59. The van der Waals surface area contributed by atoms with Crippen LogP contribution in [0.5, 0.6) is 0 Å². The van der Waals surface area contributed by atoms with Crippen molar-refractivity contribution < 1.29 is 18.8 Å². The van der Waals surface area contributed by atoms with Gasteiger partial charge in [-0.2, -0.15) is 0 Å². The van der Waals surface area contributed by atoms with E-state index in [2.05, 4.69) is 10.6 Å². The quantitative estimate of drug-likeness (QED) is 0.500. The first kappa shape index (κ1) is 22.2. The first-order valence-corrected chi connectivity index (χ1v) is 10.6. The van der Waals surface area contributed by atoms with Crippen LogP contribution in [-0.4, -0.2) is 17.7 Å². The monoisotopic (exact) mass is 463 g/mol. The Kier molecular flexibility index (Phi) is 6.24. The Morgan fingerprint density at radius 1 is 0.939 bits per heavy atom. The van der Waals surface area contributed by atoms with E-state index in [-0.39, 0.29) is 22.3 Å². The summed E-state index contributed by atoms with van der Waals surface area (Å²) in [6, 6.07) is 19.3. The highest BCUT2D eigenvalue weighted by Crippen LogP contribution is 2.31. The number of nitrogens with zero attached hydrogens (tertiary/aromatic N) is 1. The lowest BCUT2D eigenvalue weighted by molar-refractivity contribution is -0.120. The number of para-hydroxylation sites is 1. The summed E-state index contributed by atoms with van der Waals surface area (Å²) in [5, 5.41) is 5.24. The van der Waals surface area contributed by atoms with Crippen LogP contribution in [0.25, 0.3) is 0 Å². The molecule has 4 rings (SSSR count). The average Bonchev–Trinajstić information content (AvgIpc) is 3.03. The maximum Gasteiger partial charge on any atom is 0.283 e. The minimum absolute atomic E-state index is 0.190. The summed E-state index contributed by atoms with van der Waals surface area (Å²) in [6.45, 7) is 2.05. The molecule has 0 fully saturated rings. The lowest BCUT2D eigenvalue weighted by Crippen LogP contribution is -2.33. The van der Waals surface area contributed by atoms with E-state index in [1.54, 1.807) is 18.2 Å². The van der Waals surface area contributed by atoms with E-state index >= 15 is 0 Å². The second kappa shape index (κ2) is 9.26. The van der Waals surface area contributed by atoms with E-state index < -0.39 is 17.6 Å². The predicted molar refractivity (Wildman–Crippen MR) is 126 cm³/mol. The Hall–Kier alpha value is -3.97. The number of rotatable bonds is 6. The van der Waals surface area contributed by atoms with Crippen LogP contribution in [0.3, 0.4) is 0 Å². The summed E-state index contributed by atoms with van der Waals surface area (Å²) >= 11 is 6.11. The third-order valence-corrected chi connectivity index (χ3v) is 5.49. The van der Waals surface area contributed by atoms with Crippen LogP contribution in [0.4, 0.5) is 21.5 Å². The second-order valence-electron chi connectivity index (χ2n) is 7.30. The highest BCUT2D eigenvalue weighted by atomic mass is 35.5. The molecule has 1 aliphatic heterocycles. The van der Waals surface area contributed by atoms with Gasteiger partial charge in [0, 0.05) is 16.9 Å². The minimum atomic E-state index is -0.835. The molecule has 0 radical (unpaired) electrons. The zero-order valence-electron chi connectivity index (χ0n) is 17.6. The highest BCUT2D eigenvalue weighted by Gasteiger charge is 2.40. The van der Waals surface area contributed by atoms with Gasteiger partial charge < -0.3 is 10.6 Å². The van der Waals surface area contributed by atoms with Gasteiger partial charge in [-0.05, 0) is 54.4 Å². The Bertz CT molecular complexity index is 1290. The van der Waals surface area contributed by atoms with E-state index in [4.69, 9.17) is 11.6 Å². The van der Waals surface area contributed by atoms with E-state index in [9.17, 15) is 18.8 Å². The van der Waals surface area contributed by atoms with Gasteiger partial charge in [-0.25, -0.2) is 9.29 Å². The molecule has 0 saturated heterocycles. The number of imide groups is 1. The molecule has 0 atom stereocenters. The van der Waals surface area contributed by atoms with Crippen LogP contribution in [0.2, 0.25) is 0 Å². The van der Waals surface area contributed by atoms with Crippen LogP contribution >= 0.6 is 11.6 Å². The SMILES string of the molecule is CCc1ccc(NC(=O)c2cccc(NC3=C(Cl)C(=O)N(c4ccccc4F)C3=O)c2)cc1. The third kappa shape index (κ3) is 4.49. The van der Waals surface area contributed by atoms with Crippen LogP contribution in [0, 0.1) is 5.82 Å². The van der Waals surface area contributed by atoms with Gasteiger partial charge >= 0.3 is 0 Å². The maximum absolute atomic E-state index is 14.2. The first-order valence-electron chi connectivity index (χ1n) is 10.2. The summed E-state index contributed by atoms with van der Waals surface area (Å²) in [4.78, 5) is 38.7. The van der Waals surface area contributed by atoms with Gasteiger partial charge in [-0.15, -0.1) is 0 Å². The summed E-state index contributed by atoms with van der Waals surface area (Å²) < 4.78 is 14.2. The van der Waals surface area contributed by atoms with E-state index in [1.807, 2.05) is 31.2 Å². The van der Waals surface area contributed by atoms with Crippen LogP contribution in [0.15, 0.2) is 83.5 Å². The normalized spacial score (nSPS) is 13.5. The van der Waals surface area contributed by atoms with Gasteiger partial charge in [0.15, 0.2) is 0 Å². The van der Waals surface area contributed by atoms with Crippen molar-refractivity contribution in [1.82, 2.24) is 0 Å². The fraction of sp³-hybridized carbons (Fsp3) is 0.0800. The molecule has 33 heavy (non-hydrogen) atoms. The molecule has 0 unspecified atom stereocenters. The zero-order valence-corrected chi connectivity index (χ0v) is 18.3. The molecular formula is C25H19ClFN3O3.